The first-order chi connectivity index (χ1) is 30.0. The number of ether oxygens (including phenoxy) is 1. The van der Waals surface area contributed by atoms with Crippen LogP contribution in [0.5, 0.6) is 5.88 Å². The van der Waals surface area contributed by atoms with E-state index in [-0.39, 0.29) is 29.9 Å². The Morgan fingerprint density at radius 2 is 1.74 bits per heavy atom. The number of aliphatic hydroxyl groups is 1. The second-order valence-corrected chi connectivity index (χ2v) is 18.0. The third kappa shape index (κ3) is 7.83. The summed E-state index contributed by atoms with van der Waals surface area (Å²) in [5.74, 6) is 1.69. The molecule has 3 saturated heterocycles. The van der Waals surface area contributed by atoms with Gasteiger partial charge in [0.25, 0.3) is 5.91 Å². The van der Waals surface area contributed by atoms with Crippen molar-refractivity contribution in [1.29, 1.82) is 0 Å². The van der Waals surface area contributed by atoms with Crippen LogP contribution < -0.4 is 15.0 Å². The summed E-state index contributed by atoms with van der Waals surface area (Å²) in [7, 11) is 1.87. The fourth-order valence-electron chi connectivity index (χ4n) is 9.93. The maximum atomic E-state index is 13.2. The number of nitrogens with one attached hydrogen (secondary N) is 1. The van der Waals surface area contributed by atoms with Gasteiger partial charge in [0.05, 0.1) is 35.1 Å². The highest BCUT2D eigenvalue weighted by Gasteiger charge is 2.40. The Kier molecular flexibility index (Phi) is 10.5. The molecule has 3 amide bonds. The Labute approximate surface area is 361 Å². The summed E-state index contributed by atoms with van der Waals surface area (Å²) >= 11 is 0. The second-order valence-electron chi connectivity index (χ2n) is 18.0. The predicted octanol–water partition coefficient (Wildman–Crippen LogP) is 5.02. The Morgan fingerprint density at radius 1 is 0.919 bits per heavy atom. The number of rotatable bonds is 6. The molecule has 3 fully saturated rings. The highest BCUT2D eigenvalue weighted by atomic mass is 16.5. The molecular weight excluding hydrogens is 785 g/mol. The van der Waals surface area contributed by atoms with E-state index in [0.29, 0.717) is 54.1 Å². The number of nitrogens with zero attached hydrogens (tertiary/aromatic N) is 9. The van der Waals surface area contributed by atoms with Crippen molar-refractivity contribution in [3.05, 3.63) is 88.5 Å². The third-order valence-corrected chi connectivity index (χ3v) is 13.3. The first kappa shape index (κ1) is 40.0. The summed E-state index contributed by atoms with van der Waals surface area (Å²) in [6.45, 7) is 13.9. The van der Waals surface area contributed by atoms with Gasteiger partial charge in [-0.1, -0.05) is 13.0 Å². The van der Waals surface area contributed by atoms with Crippen LogP contribution in [0.25, 0.3) is 34.1 Å². The largest absolute Gasteiger partial charge is 0.507 e. The molecule has 3 aromatic heterocycles. The monoisotopic (exact) mass is 838 g/mol. The summed E-state index contributed by atoms with van der Waals surface area (Å²) in [5.41, 5.74) is 8.92. The van der Waals surface area contributed by atoms with Gasteiger partial charge >= 0.3 is 0 Å². The van der Waals surface area contributed by atoms with Crippen molar-refractivity contribution in [3.8, 4) is 17.1 Å². The SMILES string of the molecule is Cc1cc2cc(n1)-c1cnn(C)c1OCCC[C@@H](C)Cn1c(nc3ccc(CN4CCN(CC5CN(c6ccc7c(c6)CN(C6CCC(=O)NC6=O)C7=O)C5)CC4)cc31)/C=C/2O. The number of hydrogen-bond acceptors (Lipinski definition) is 11. The molecule has 62 heavy (non-hydrogen) atoms. The van der Waals surface area contributed by atoms with E-state index in [1.165, 1.54) is 5.56 Å². The molecule has 8 heterocycles. The van der Waals surface area contributed by atoms with E-state index >= 15 is 0 Å². The zero-order valence-electron chi connectivity index (χ0n) is 35.7. The molecule has 0 saturated carbocycles. The lowest BCUT2D eigenvalue weighted by Gasteiger charge is -2.45. The fourth-order valence-corrected chi connectivity index (χ4v) is 9.93. The Morgan fingerprint density at radius 3 is 2.56 bits per heavy atom. The van der Waals surface area contributed by atoms with Crippen LogP contribution in [0.2, 0.25) is 0 Å². The first-order valence-corrected chi connectivity index (χ1v) is 22.0. The van der Waals surface area contributed by atoms with E-state index in [1.807, 2.05) is 38.2 Å². The van der Waals surface area contributed by atoms with Crippen molar-refractivity contribution < 1.29 is 24.2 Å². The molecule has 2 N–H and O–H groups in total. The summed E-state index contributed by atoms with van der Waals surface area (Å²) in [5, 5.41) is 18.4. The standard InChI is InChI=1S/C47H54N10O5/c1-29-5-4-16-62-47-37(22-48-52(47)3)39-20-33(17-30(2)49-39)42(58)21-43-50-38-9-6-31(18-41(38)56(43)23-29)24-53-12-14-54(15-13-53)25-32-26-55(27-32)35-7-8-36-34(19-35)28-57(46(36)61)40-10-11-44(59)51-45(40)60/h6-9,17-22,29,32,40,58H,4-5,10-16,23-28H2,1-3H3,(H,51,59,60)/b42-21-/t29-,40?/m1/s1. The van der Waals surface area contributed by atoms with Crippen molar-refractivity contribution in [3.63, 3.8) is 0 Å². The first-order valence-electron chi connectivity index (χ1n) is 22.0. The van der Waals surface area contributed by atoms with E-state index in [0.717, 1.165) is 111 Å². The number of fused-ring (bicyclic) bond motifs is 8. The van der Waals surface area contributed by atoms with Crippen molar-refractivity contribution in [2.24, 2.45) is 18.9 Å². The highest BCUT2D eigenvalue weighted by Crippen LogP contribution is 2.35. The number of aliphatic hydroxyl groups excluding tert-OH is 1. The van der Waals surface area contributed by atoms with E-state index in [4.69, 9.17) is 14.7 Å². The van der Waals surface area contributed by atoms with Crippen molar-refractivity contribution >= 4 is 46.3 Å². The number of carbonyl (C=O) groups excluding carboxylic acids is 3. The Balaban J connectivity index is 0.770. The quantitative estimate of drug-likeness (QED) is 0.222. The predicted molar refractivity (Wildman–Crippen MR) is 235 cm³/mol. The zero-order chi connectivity index (χ0) is 42.6. The number of aryl methyl sites for hydroxylation is 2. The number of anilines is 1. The fraction of sp³-hybridized carbons (Fsp3) is 0.447. The molecule has 5 aliphatic rings. The lowest BCUT2D eigenvalue weighted by molar-refractivity contribution is -0.136. The van der Waals surface area contributed by atoms with Crippen LogP contribution in [0.3, 0.4) is 0 Å². The molecule has 5 aromatic rings. The van der Waals surface area contributed by atoms with Crippen molar-refractivity contribution in [1.82, 2.24) is 44.3 Å². The molecule has 5 aliphatic heterocycles. The molecule has 1 unspecified atom stereocenters. The van der Waals surface area contributed by atoms with E-state index in [1.54, 1.807) is 21.9 Å². The number of piperidine rings is 1. The second kappa shape index (κ2) is 16.3. The van der Waals surface area contributed by atoms with E-state index in [9.17, 15) is 19.5 Å². The number of aromatic nitrogens is 5. The molecular formula is C47H54N10O5. The number of imidazole rings is 1. The average molecular weight is 839 g/mol. The molecule has 322 valence electrons. The molecule has 10 rings (SSSR count). The smallest absolute Gasteiger partial charge is 0.255 e. The Hall–Kier alpha value is -6.06. The van der Waals surface area contributed by atoms with Gasteiger partial charge in [0.1, 0.15) is 17.6 Å². The van der Waals surface area contributed by atoms with Crippen molar-refractivity contribution in [2.45, 2.75) is 65.2 Å². The zero-order valence-corrected chi connectivity index (χ0v) is 35.7. The van der Waals surface area contributed by atoms with E-state index < -0.39 is 6.04 Å². The van der Waals surface area contributed by atoms with Gasteiger partial charge in [-0.05, 0) is 85.7 Å². The van der Waals surface area contributed by atoms with E-state index in [2.05, 4.69) is 60.9 Å². The summed E-state index contributed by atoms with van der Waals surface area (Å²) in [4.78, 5) is 56.2. The number of imide groups is 1. The maximum absolute atomic E-state index is 13.2. The number of carbonyl (C=O) groups is 3. The average Bonchev–Trinajstić information content (AvgIpc) is 3.89. The molecule has 0 aliphatic carbocycles. The molecule has 2 bridgehead atoms. The molecule has 15 heteroatoms. The molecule has 2 atom stereocenters. The van der Waals surface area contributed by atoms with Gasteiger partial charge in [0.15, 0.2) is 0 Å². The van der Waals surface area contributed by atoms with Crippen molar-refractivity contribution in [2.75, 3.05) is 57.3 Å². The van der Waals surface area contributed by atoms with Gasteiger partial charge in [0, 0.05) is 113 Å². The number of piperazine rings is 1. The molecule has 0 radical (unpaired) electrons. The lowest BCUT2D eigenvalue weighted by Crippen LogP contribution is -2.54. The number of amides is 3. The van der Waals surface area contributed by atoms with Crippen LogP contribution in [0.4, 0.5) is 5.69 Å². The number of hydrogen-bond donors (Lipinski definition) is 2. The van der Waals surface area contributed by atoms with Crippen LogP contribution >= 0.6 is 0 Å². The number of benzene rings is 2. The van der Waals surface area contributed by atoms with Gasteiger partial charge in [-0.25, -0.2) is 9.67 Å². The van der Waals surface area contributed by atoms with Crippen LogP contribution in [0, 0.1) is 18.8 Å². The van der Waals surface area contributed by atoms with Gasteiger partial charge in [-0.2, -0.15) is 5.10 Å². The minimum absolute atomic E-state index is 0.133. The van der Waals surface area contributed by atoms with Crippen LogP contribution in [-0.4, -0.2) is 120 Å². The molecule has 0 spiro atoms. The normalized spacial score (nSPS) is 22.5. The van der Waals surface area contributed by atoms with Crippen LogP contribution in [0.15, 0.2) is 54.7 Å². The minimum Gasteiger partial charge on any atom is -0.507 e. The van der Waals surface area contributed by atoms with Gasteiger partial charge < -0.3 is 29.1 Å². The van der Waals surface area contributed by atoms with Gasteiger partial charge in [-0.3, -0.25) is 29.6 Å². The topological polar surface area (TPSA) is 154 Å². The summed E-state index contributed by atoms with van der Waals surface area (Å²) < 4.78 is 10.3. The third-order valence-electron chi connectivity index (χ3n) is 13.3. The summed E-state index contributed by atoms with van der Waals surface area (Å²) in [6.07, 6.45) is 6.05. The summed E-state index contributed by atoms with van der Waals surface area (Å²) in [6, 6.07) is 15.8. The highest BCUT2D eigenvalue weighted by molar-refractivity contribution is 6.05. The Bertz CT molecular complexity index is 2600. The molecule has 15 nitrogen and oxygen atoms in total. The minimum atomic E-state index is -0.598. The lowest BCUT2D eigenvalue weighted by atomic mass is 9.97. The van der Waals surface area contributed by atoms with Gasteiger partial charge in [0.2, 0.25) is 17.7 Å². The number of pyridine rings is 1. The van der Waals surface area contributed by atoms with Crippen LogP contribution in [0.1, 0.15) is 71.2 Å². The maximum Gasteiger partial charge on any atom is 0.255 e. The van der Waals surface area contributed by atoms with Gasteiger partial charge in [-0.15, -0.1) is 0 Å². The molecule has 2 aromatic carbocycles. The van der Waals surface area contributed by atoms with Crippen LogP contribution in [-0.2, 0) is 36.3 Å².